The topological polar surface area (TPSA) is 86.8 Å². The Hall–Kier alpha value is -3.40. The number of rotatable bonds is 3. The van der Waals surface area contributed by atoms with Crippen molar-refractivity contribution in [1.82, 2.24) is 25.0 Å². The molecule has 1 aromatic carbocycles. The molecule has 3 atom stereocenters. The lowest BCUT2D eigenvalue weighted by atomic mass is 9.95. The van der Waals surface area contributed by atoms with Crippen LogP contribution in [0.3, 0.4) is 0 Å². The van der Waals surface area contributed by atoms with E-state index in [-0.39, 0.29) is 24.0 Å². The molecule has 2 bridgehead atoms. The van der Waals surface area contributed by atoms with Crippen LogP contribution in [0.5, 0.6) is 0 Å². The molecule has 2 saturated heterocycles. The molecule has 5 rings (SSSR count). The molecule has 0 saturated carbocycles. The standard InChI is InChI=1S/C22H22N6O/c1-13-8-15(22(29)26-18-10-17-6-7-19(18)27(17)12-23)9-16-11-24-28(21(13)16)20-5-3-4-14(2)25-20/h3-5,8-9,11,17-19H,6-7,10H2,1-2H3,(H,26,29)/t17-,18+,19+/m0/s1. The second kappa shape index (κ2) is 6.59. The van der Waals surface area contributed by atoms with E-state index in [0.717, 1.165) is 47.2 Å². The molecular formula is C22H22N6O. The molecule has 29 heavy (non-hydrogen) atoms. The molecule has 0 aliphatic carbocycles. The maximum atomic E-state index is 12.9. The van der Waals surface area contributed by atoms with Crippen LogP contribution in [-0.4, -0.2) is 43.7 Å². The van der Waals surface area contributed by atoms with Crippen LogP contribution in [0.2, 0.25) is 0 Å². The molecule has 7 heteroatoms. The summed E-state index contributed by atoms with van der Waals surface area (Å²) in [5, 5.41) is 17.9. The second-order valence-corrected chi connectivity index (χ2v) is 8.05. The van der Waals surface area contributed by atoms with Crippen molar-refractivity contribution in [3.8, 4) is 12.0 Å². The van der Waals surface area contributed by atoms with Gasteiger partial charge in [-0.2, -0.15) is 10.4 Å². The highest BCUT2D eigenvalue weighted by Gasteiger charge is 2.46. The molecule has 2 aliphatic rings. The first-order valence-electron chi connectivity index (χ1n) is 9.96. The fourth-order valence-corrected chi connectivity index (χ4v) is 4.88. The number of nitrogens with zero attached hydrogens (tertiary/aromatic N) is 5. The van der Waals surface area contributed by atoms with Crippen LogP contribution >= 0.6 is 0 Å². The molecule has 2 fully saturated rings. The minimum absolute atomic E-state index is 0.0381. The van der Waals surface area contributed by atoms with E-state index < -0.39 is 0 Å². The zero-order valence-electron chi connectivity index (χ0n) is 16.5. The number of benzene rings is 1. The first-order valence-corrected chi connectivity index (χ1v) is 9.96. The largest absolute Gasteiger partial charge is 0.347 e. The van der Waals surface area contributed by atoms with Crippen LogP contribution in [-0.2, 0) is 0 Å². The van der Waals surface area contributed by atoms with Gasteiger partial charge in [-0.15, -0.1) is 0 Å². The lowest BCUT2D eigenvalue weighted by Gasteiger charge is -2.22. The van der Waals surface area contributed by atoms with Crippen molar-refractivity contribution < 1.29 is 4.79 Å². The van der Waals surface area contributed by atoms with E-state index >= 15 is 0 Å². The molecule has 146 valence electrons. The van der Waals surface area contributed by atoms with E-state index in [1.807, 2.05) is 53.8 Å². The van der Waals surface area contributed by atoms with Gasteiger partial charge in [0.1, 0.15) is 0 Å². The molecule has 1 amide bonds. The highest BCUT2D eigenvalue weighted by atomic mass is 16.1. The first-order chi connectivity index (χ1) is 14.0. The average Bonchev–Trinajstić information content (AvgIpc) is 3.39. The van der Waals surface area contributed by atoms with Crippen LogP contribution in [0.4, 0.5) is 0 Å². The van der Waals surface area contributed by atoms with E-state index in [0.29, 0.717) is 5.56 Å². The molecule has 4 heterocycles. The number of hydrogen-bond acceptors (Lipinski definition) is 5. The Morgan fingerprint density at radius 3 is 2.90 bits per heavy atom. The lowest BCUT2D eigenvalue weighted by Crippen LogP contribution is -2.43. The van der Waals surface area contributed by atoms with Crippen molar-refractivity contribution in [1.29, 1.82) is 5.26 Å². The summed E-state index contributed by atoms with van der Waals surface area (Å²) in [5.74, 6) is 0.672. The van der Waals surface area contributed by atoms with Crippen LogP contribution in [0.1, 0.15) is 40.9 Å². The van der Waals surface area contributed by atoms with Crippen LogP contribution < -0.4 is 5.32 Å². The molecular weight excluding hydrogens is 364 g/mol. The number of aryl methyl sites for hydroxylation is 2. The Morgan fingerprint density at radius 2 is 2.14 bits per heavy atom. The molecule has 3 aromatic rings. The third-order valence-corrected chi connectivity index (χ3v) is 6.18. The summed E-state index contributed by atoms with van der Waals surface area (Å²) in [7, 11) is 0. The van der Waals surface area contributed by atoms with Gasteiger partial charge < -0.3 is 10.2 Å². The van der Waals surface area contributed by atoms with E-state index in [2.05, 4.69) is 21.6 Å². The van der Waals surface area contributed by atoms with Gasteiger partial charge in [0.25, 0.3) is 5.91 Å². The minimum Gasteiger partial charge on any atom is -0.347 e. The van der Waals surface area contributed by atoms with Gasteiger partial charge in [0.15, 0.2) is 12.0 Å². The predicted molar refractivity (Wildman–Crippen MR) is 108 cm³/mol. The van der Waals surface area contributed by atoms with E-state index in [1.165, 1.54) is 0 Å². The van der Waals surface area contributed by atoms with Crippen molar-refractivity contribution in [2.75, 3.05) is 0 Å². The normalized spacial score (nSPS) is 22.8. The van der Waals surface area contributed by atoms with E-state index in [9.17, 15) is 10.1 Å². The summed E-state index contributed by atoms with van der Waals surface area (Å²) >= 11 is 0. The van der Waals surface area contributed by atoms with Crippen molar-refractivity contribution in [3.05, 3.63) is 53.3 Å². The van der Waals surface area contributed by atoms with Crippen LogP contribution in [0.15, 0.2) is 36.5 Å². The van der Waals surface area contributed by atoms with Gasteiger partial charge in [-0.3, -0.25) is 4.79 Å². The minimum atomic E-state index is -0.0909. The highest BCUT2D eigenvalue weighted by Crippen LogP contribution is 2.37. The molecule has 1 N–H and O–H groups in total. The van der Waals surface area contributed by atoms with Gasteiger partial charge in [-0.1, -0.05) is 6.07 Å². The lowest BCUT2D eigenvalue weighted by molar-refractivity contribution is 0.0928. The van der Waals surface area contributed by atoms with E-state index in [1.54, 1.807) is 6.20 Å². The summed E-state index contributed by atoms with van der Waals surface area (Å²) < 4.78 is 1.82. The zero-order chi connectivity index (χ0) is 20.1. The number of amides is 1. The summed E-state index contributed by atoms with van der Waals surface area (Å²) in [4.78, 5) is 19.4. The number of aromatic nitrogens is 3. The monoisotopic (exact) mass is 386 g/mol. The Bertz CT molecular complexity index is 1160. The average molecular weight is 386 g/mol. The van der Waals surface area contributed by atoms with Crippen molar-refractivity contribution in [2.24, 2.45) is 0 Å². The Balaban J connectivity index is 1.43. The van der Waals surface area contributed by atoms with Gasteiger partial charge in [-0.05, 0) is 62.9 Å². The molecule has 0 radical (unpaired) electrons. The Kier molecular flexibility index (Phi) is 4.02. The number of nitrogens with one attached hydrogen (secondary N) is 1. The third kappa shape index (κ3) is 2.83. The summed E-state index contributed by atoms with van der Waals surface area (Å²) in [6, 6.07) is 10.1. The molecule has 0 unspecified atom stereocenters. The molecule has 7 nitrogen and oxygen atoms in total. The smallest absolute Gasteiger partial charge is 0.251 e. The number of hydrogen-bond donors (Lipinski definition) is 1. The quantitative estimate of drug-likeness (QED) is 0.700. The van der Waals surface area contributed by atoms with Gasteiger partial charge in [-0.25, -0.2) is 9.67 Å². The van der Waals surface area contributed by atoms with Crippen molar-refractivity contribution in [3.63, 3.8) is 0 Å². The summed E-state index contributed by atoms with van der Waals surface area (Å²) in [6.45, 7) is 3.94. The molecule has 0 spiro atoms. The summed E-state index contributed by atoms with van der Waals surface area (Å²) in [5.41, 5.74) is 3.48. The maximum absolute atomic E-state index is 12.9. The fraction of sp³-hybridized carbons (Fsp3) is 0.364. The van der Waals surface area contributed by atoms with Gasteiger partial charge >= 0.3 is 0 Å². The Morgan fingerprint density at radius 1 is 1.28 bits per heavy atom. The number of carbonyl (C=O) groups is 1. The van der Waals surface area contributed by atoms with Gasteiger partial charge in [0, 0.05) is 22.7 Å². The number of carbonyl (C=O) groups excluding carboxylic acids is 1. The maximum Gasteiger partial charge on any atom is 0.251 e. The van der Waals surface area contributed by atoms with Crippen molar-refractivity contribution in [2.45, 2.75) is 51.2 Å². The van der Waals surface area contributed by atoms with Crippen LogP contribution in [0.25, 0.3) is 16.7 Å². The fourth-order valence-electron chi connectivity index (χ4n) is 4.88. The van der Waals surface area contributed by atoms with Crippen molar-refractivity contribution >= 4 is 16.8 Å². The van der Waals surface area contributed by atoms with Crippen LogP contribution in [0, 0.1) is 25.3 Å². The third-order valence-electron chi connectivity index (χ3n) is 6.18. The number of fused-ring (bicyclic) bond motifs is 3. The molecule has 2 aliphatic heterocycles. The predicted octanol–water partition coefficient (Wildman–Crippen LogP) is 2.85. The van der Waals surface area contributed by atoms with E-state index in [4.69, 9.17) is 0 Å². The number of nitriles is 1. The SMILES string of the molecule is Cc1cccc(-n2ncc3cc(C(=O)N[C@@H]4C[C@@H]5CC[C@H]4N5C#N)cc(C)c32)n1. The summed E-state index contributed by atoms with van der Waals surface area (Å²) in [6.07, 6.45) is 6.93. The second-order valence-electron chi connectivity index (χ2n) is 8.05. The number of pyridine rings is 1. The van der Waals surface area contributed by atoms with Gasteiger partial charge in [0.05, 0.1) is 23.8 Å². The zero-order valence-corrected chi connectivity index (χ0v) is 16.5. The highest BCUT2D eigenvalue weighted by molar-refractivity contribution is 5.99. The first kappa shape index (κ1) is 17.7. The van der Waals surface area contributed by atoms with Gasteiger partial charge in [0.2, 0.25) is 0 Å². The molecule has 2 aromatic heterocycles. The Labute approximate surface area is 168 Å².